The van der Waals surface area contributed by atoms with Gasteiger partial charge in [-0.3, -0.25) is 0 Å². The highest BCUT2D eigenvalue weighted by atomic mass is 32.1. The summed E-state index contributed by atoms with van der Waals surface area (Å²) in [6, 6.07) is 2.23. The first kappa shape index (κ1) is 14.4. The van der Waals surface area contributed by atoms with Crippen LogP contribution < -0.4 is 0 Å². The quantitative estimate of drug-likeness (QED) is 0.773. The molecule has 1 aromatic heterocycles. The molecule has 3 nitrogen and oxygen atoms in total. The van der Waals surface area contributed by atoms with E-state index in [0.717, 1.165) is 25.9 Å². The van der Waals surface area contributed by atoms with Crippen LogP contribution in [-0.4, -0.2) is 29.7 Å². The SMILES string of the molecule is Cc1sccc1C1CCN(C(=O)OC(C)(C)C)CC1. The van der Waals surface area contributed by atoms with Gasteiger partial charge in [0.1, 0.15) is 5.60 Å². The van der Waals surface area contributed by atoms with E-state index in [1.165, 1.54) is 10.4 Å². The molecule has 0 atom stereocenters. The molecular formula is C15H23NO2S. The van der Waals surface area contributed by atoms with Gasteiger partial charge < -0.3 is 9.64 Å². The fourth-order valence-electron chi connectivity index (χ4n) is 2.52. The third-order valence-corrected chi connectivity index (χ3v) is 4.35. The molecule has 4 heteroatoms. The predicted molar refractivity (Wildman–Crippen MR) is 78.8 cm³/mol. The van der Waals surface area contributed by atoms with Gasteiger partial charge in [-0.2, -0.15) is 0 Å². The van der Waals surface area contributed by atoms with Crippen molar-refractivity contribution in [3.05, 3.63) is 21.9 Å². The van der Waals surface area contributed by atoms with Crippen LogP contribution in [0.2, 0.25) is 0 Å². The maximum Gasteiger partial charge on any atom is 0.410 e. The molecule has 1 fully saturated rings. The zero-order valence-corrected chi connectivity index (χ0v) is 13.0. The number of aryl methyl sites for hydroxylation is 1. The van der Waals surface area contributed by atoms with Gasteiger partial charge in [-0.05, 0) is 63.5 Å². The summed E-state index contributed by atoms with van der Waals surface area (Å²) in [5, 5.41) is 2.16. The highest BCUT2D eigenvalue weighted by Crippen LogP contribution is 2.32. The highest BCUT2D eigenvalue weighted by molar-refractivity contribution is 7.10. The summed E-state index contributed by atoms with van der Waals surface area (Å²) < 4.78 is 5.42. The molecule has 0 saturated carbocycles. The number of piperidine rings is 1. The summed E-state index contributed by atoms with van der Waals surface area (Å²) in [5.74, 6) is 0.602. The van der Waals surface area contributed by atoms with Crippen molar-refractivity contribution in [2.45, 2.75) is 52.1 Å². The molecule has 2 heterocycles. The number of rotatable bonds is 1. The lowest BCUT2D eigenvalue weighted by molar-refractivity contribution is 0.0205. The second-order valence-corrected chi connectivity index (χ2v) is 7.29. The Morgan fingerprint density at radius 1 is 1.37 bits per heavy atom. The topological polar surface area (TPSA) is 29.5 Å². The van der Waals surface area contributed by atoms with E-state index >= 15 is 0 Å². The van der Waals surface area contributed by atoms with E-state index in [1.807, 2.05) is 37.0 Å². The van der Waals surface area contributed by atoms with Gasteiger partial charge in [0.05, 0.1) is 0 Å². The van der Waals surface area contributed by atoms with E-state index in [0.29, 0.717) is 5.92 Å². The van der Waals surface area contributed by atoms with Crippen molar-refractivity contribution in [3.63, 3.8) is 0 Å². The Morgan fingerprint density at radius 2 is 2.00 bits per heavy atom. The number of carbonyl (C=O) groups is 1. The van der Waals surface area contributed by atoms with Crippen LogP contribution in [0.25, 0.3) is 0 Å². The molecule has 0 aromatic carbocycles. The van der Waals surface area contributed by atoms with Crippen molar-refractivity contribution in [3.8, 4) is 0 Å². The molecule has 0 radical (unpaired) electrons. The molecule has 1 aliphatic rings. The molecule has 0 N–H and O–H groups in total. The Kier molecular flexibility index (Phi) is 4.19. The normalized spacial score (nSPS) is 17.6. The van der Waals surface area contributed by atoms with Gasteiger partial charge in [0, 0.05) is 18.0 Å². The van der Waals surface area contributed by atoms with Crippen LogP contribution in [0.3, 0.4) is 0 Å². The van der Waals surface area contributed by atoms with Crippen molar-refractivity contribution in [2.24, 2.45) is 0 Å². The van der Waals surface area contributed by atoms with Crippen molar-refractivity contribution in [1.29, 1.82) is 0 Å². The lowest BCUT2D eigenvalue weighted by atomic mass is 9.90. The predicted octanol–water partition coefficient (Wildman–Crippen LogP) is 4.17. The van der Waals surface area contributed by atoms with Crippen LogP contribution in [0.4, 0.5) is 4.79 Å². The minimum Gasteiger partial charge on any atom is -0.444 e. The number of ether oxygens (including phenoxy) is 1. The lowest BCUT2D eigenvalue weighted by Gasteiger charge is -2.33. The van der Waals surface area contributed by atoms with Crippen molar-refractivity contribution in [1.82, 2.24) is 4.90 Å². The number of thiophene rings is 1. The first-order valence-corrected chi connectivity index (χ1v) is 7.77. The molecule has 1 saturated heterocycles. The van der Waals surface area contributed by atoms with E-state index in [4.69, 9.17) is 4.74 Å². The third-order valence-electron chi connectivity index (χ3n) is 3.49. The zero-order valence-electron chi connectivity index (χ0n) is 12.2. The Bertz CT molecular complexity index is 439. The van der Waals surface area contributed by atoms with Crippen LogP contribution in [0, 0.1) is 6.92 Å². The summed E-state index contributed by atoms with van der Waals surface area (Å²) in [5.41, 5.74) is 1.06. The van der Waals surface area contributed by atoms with Crippen LogP contribution in [0.5, 0.6) is 0 Å². The molecular weight excluding hydrogens is 258 g/mol. The van der Waals surface area contributed by atoms with Gasteiger partial charge >= 0.3 is 6.09 Å². The smallest absolute Gasteiger partial charge is 0.410 e. The number of nitrogens with zero attached hydrogens (tertiary/aromatic N) is 1. The minimum absolute atomic E-state index is 0.173. The molecule has 0 aliphatic carbocycles. The second-order valence-electron chi connectivity index (χ2n) is 6.17. The third kappa shape index (κ3) is 3.72. The van der Waals surface area contributed by atoms with Crippen molar-refractivity contribution in [2.75, 3.05) is 13.1 Å². The van der Waals surface area contributed by atoms with E-state index in [2.05, 4.69) is 18.4 Å². The Balaban J connectivity index is 1.89. The van der Waals surface area contributed by atoms with Gasteiger partial charge in [0.15, 0.2) is 0 Å². The summed E-state index contributed by atoms with van der Waals surface area (Å²) in [7, 11) is 0. The van der Waals surface area contributed by atoms with E-state index in [-0.39, 0.29) is 6.09 Å². The van der Waals surface area contributed by atoms with Crippen molar-refractivity contribution >= 4 is 17.4 Å². The van der Waals surface area contributed by atoms with Crippen LogP contribution in [0.1, 0.15) is 50.0 Å². The minimum atomic E-state index is -0.405. The standard InChI is InChI=1S/C15H23NO2S/c1-11-13(7-10-19-11)12-5-8-16(9-6-12)14(17)18-15(2,3)4/h7,10,12H,5-6,8-9H2,1-4H3. The fraction of sp³-hybridized carbons (Fsp3) is 0.667. The molecule has 2 rings (SSSR count). The van der Waals surface area contributed by atoms with Gasteiger partial charge in [-0.15, -0.1) is 11.3 Å². The first-order valence-electron chi connectivity index (χ1n) is 6.89. The first-order chi connectivity index (χ1) is 8.87. The molecule has 19 heavy (non-hydrogen) atoms. The average Bonchev–Trinajstić information content (AvgIpc) is 2.73. The lowest BCUT2D eigenvalue weighted by Crippen LogP contribution is -2.41. The highest BCUT2D eigenvalue weighted by Gasteiger charge is 2.28. The van der Waals surface area contributed by atoms with E-state index < -0.39 is 5.60 Å². The van der Waals surface area contributed by atoms with Crippen LogP contribution in [0.15, 0.2) is 11.4 Å². The summed E-state index contributed by atoms with van der Waals surface area (Å²) in [6.45, 7) is 9.51. The average molecular weight is 281 g/mol. The monoisotopic (exact) mass is 281 g/mol. The second kappa shape index (κ2) is 5.53. The fourth-order valence-corrected chi connectivity index (χ4v) is 3.31. The maximum atomic E-state index is 12.0. The maximum absolute atomic E-state index is 12.0. The van der Waals surface area contributed by atoms with Gasteiger partial charge in [-0.25, -0.2) is 4.79 Å². The molecule has 0 bridgehead atoms. The van der Waals surface area contributed by atoms with E-state index in [9.17, 15) is 4.79 Å². The van der Waals surface area contributed by atoms with Crippen LogP contribution >= 0.6 is 11.3 Å². The Hall–Kier alpha value is -1.03. The largest absolute Gasteiger partial charge is 0.444 e. The molecule has 0 unspecified atom stereocenters. The van der Waals surface area contributed by atoms with Crippen molar-refractivity contribution < 1.29 is 9.53 Å². The Morgan fingerprint density at radius 3 is 2.47 bits per heavy atom. The number of hydrogen-bond donors (Lipinski definition) is 0. The number of hydrogen-bond acceptors (Lipinski definition) is 3. The Labute approximate surface area is 119 Å². The number of carbonyl (C=O) groups excluding carboxylic acids is 1. The molecule has 1 amide bonds. The summed E-state index contributed by atoms with van der Waals surface area (Å²) >= 11 is 1.81. The van der Waals surface area contributed by atoms with E-state index in [1.54, 1.807) is 0 Å². The van der Waals surface area contributed by atoms with Gasteiger partial charge in [0.2, 0.25) is 0 Å². The van der Waals surface area contributed by atoms with Gasteiger partial charge in [0.25, 0.3) is 0 Å². The van der Waals surface area contributed by atoms with Gasteiger partial charge in [-0.1, -0.05) is 0 Å². The van der Waals surface area contributed by atoms with Crippen LogP contribution in [-0.2, 0) is 4.74 Å². The summed E-state index contributed by atoms with van der Waals surface area (Å²) in [6.07, 6.45) is 1.90. The summed E-state index contributed by atoms with van der Waals surface area (Å²) in [4.78, 5) is 15.2. The molecule has 1 aromatic rings. The molecule has 0 spiro atoms. The number of likely N-dealkylation sites (tertiary alicyclic amines) is 1. The molecule has 106 valence electrons. The zero-order chi connectivity index (χ0) is 14.0. The molecule has 1 aliphatic heterocycles. The number of amides is 1.